The predicted octanol–water partition coefficient (Wildman–Crippen LogP) is 4.17. The fourth-order valence-corrected chi connectivity index (χ4v) is 2.77. The second-order valence-electron chi connectivity index (χ2n) is 6.45. The smallest absolute Gasteiger partial charge is 0.478 e. The molecule has 0 aliphatic heterocycles. The van der Waals surface area contributed by atoms with E-state index in [2.05, 4.69) is 10.3 Å². The maximum absolute atomic E-state index is 14.0. The van der Waals surface area contributed by atoms with Crippen LogP contribution < -0.4 is 10.0 Å². The Hall–Kier alpha value is -3.56. The summed E-state index contributed by atoms with van der Waals surface area (Å²) in [5.41, 5.74) is -0.894. The van der Waals surface area contributed by atoms with Crippen molar-refractivity contribution >= 4 is 5.91 Å². The second kappa shape index (κ2) is 8.05. The normalized spacial score (nSPS) is 12.5. The van der Waals surface area contributed by atoms with Crippen molar-refractivity contribution in [3.63, 3.8) is 0 Å². The standard InChI is InChI=1S/C20H14F5N3O2/c1-11(12-2-5-18(20(23,24)25)28(30)10-12)27-19(29)14-6-13(8-26-9-14)16-4-3-15(21)7-17(16)22/h2-11H,1H3,(H,27,29)/t11-/m1/s1. The summed E-state index contributed by atoms with van der Waals surface area (Å²) < 4.78 is 64.8. The van der Waals surface area contributed by atoms with Crippen LogP contribution >= 0.6 is 0 Å². The fourth-order valence-electron chi connectivity index (χ4n) is 2.77. The average molecular weight is 423 g/mol. The summed E-state index contributed by atoms with van der Waals surface area (Å²) in [5, 5.41) is 14.2. The lowest BCUT2D eigenvalue weighted by molar-refractivity contribution is -0.629. The molecule has 0 radical (unpaired) electrons. The van der Waals surface area contributed by atoms with E-state index in [9.17, 15) is 32.0 Å². The first kappa shape index (κ1) is 21.2. The number of benzene rings is 1. The third kappa shape index (κ3) is 4.53. The zero-order valence-electron chi connectivity index (χ0n) is 15.4. The summed E-state index contributed by atoms with van der Waals surface area (Å²) in [6, 6.07) is 5.23. The number of carbonyl (C=O) groups excluding carboxylic acids is 1. The minimum absolute atomic E-state index is 0.0433. The van der Waals surface area contributed by atoms with Crippen LogP contribution in [-0.4, -0.2) is 10.9 Å². The Morgan fingerprint density at radius 2 is 1.87 bits per heavy atom. The van der Waals surface area contributed by atoms with Crippen molar-refractivity contribution in [2.45, 2.75) is 19.1 Å². The summed E-state index contributed by atoms with van der Waals surface area (Å²) in [5.74, 6) is -2.22. The van der Waals surface area contributed by atoms with Crippen molar-refractivity contribution in [1.82, 2.24) is 10.3 Å². The largest absolute Gasteiger partial charge is 0.618 e. The van der Waals surface area contributed by atoms with Gasteiger partial charge in [-0.2, -0.15) is 17.9 Å². The molecule has 3 aromatic rings. The van der Waals surface area contributed by atoms with E-state index in [0.29, 0.717) is 12.1 Å². The number of amides is 1. The molecule has 2 aromatic heterocycles. The van der Waals surface area contributed by atoms with E-state index < -0.39 is 35.5 Å². The van der Waals surface area contributed by atoms with Crippen LogP contribution in [0, 0.1) is 16.8 Å². The summed E-state index contributed by atoms with van der Waals surface area (Å²) in [7, 11) is 0. The molecular weight excluding hydrogens is 409 g/mol. The SMILES string of the molecule is C[C@@H](NC(=O)c1cncc(-c2ccc(F)cc2F)c1)c1ccc(C(F)(F)F)[n+]([O-])c1. The molecule has 0 saturated carbocycles. The minimum Gasteiger partial charge on any atom is -0.618 e. The average Bonchev–Trinajstić information content (AvgIpc) is 2.67. The first-order chi connectivity index (χ1) is 14.1. The molecule has 0 spiro atoms. The highest BCUT2D eigenvalue weighted by molar-refractivity contribution is 5.95. The maximum Gasteiger partial charge on any atom is 0.478 e. The summed E-state index contributed by atoms with van der Waals surface area (Å²) in [6.45, 7) is 1.48. The Kier molecular flexibility index (Phi) is 5.68. The highest BCUT2D eigenvalue weighted by Crippen LogP contribution is 2.27. The molecule has 0 bridgehead atoms. The summed E-state index contributed by atoms with van der Waals surface area (Å²) in [6.07, 6.45) is -1.55. The van der Waals surface area contributed by atoms with Crippen LogP contribution in [-0.2, 0) is 6.18 Å². The number of rotatable bonds is 4. The predicted molar refractivity (Wildman–Crippen MR) is 95.9 cm³/mol. The molecule has 1 atom stereocenters. The number of hydrogen-bond acceptors (Lipinski definition) is 3. The topological polar surface area (TPSA) is 68.9 Å². The van der Waals surface area contributed by atoms with Gasteiger partial charge < -0.3 is 10.5 Å². The first-order valence-corrected chi connectivity index (χ1v) is 8.58. The van der Waals surface area contributed by atoms with E-state index in [0.717, 1.165) is 18.3 Å². The Morgan fingerprint density at radius 1 is 1.13 bits per heavy atom. The van der Waals surface area contributed by atoms with Gasteiger partial charge in [0.1, 0.15) is 11.6 Å². The number of carbonyl (C=O) groups is 1. The van der Waals surface area contributed by atoms with E-state index in [1.54, 1.807) is 0 Å². The van der Waals surface area contributed by atoms with Crippen molar-refractivity contribution in [3.8, 4) is 11.1 Å². The van der Waals surface area contributed by atoms with Crippen molar-refractivity contribution in [3.05, 3.63) is 88.7 Å². The molecule has 0 fully saturated rings. The van der Waals surface area contributed by atoms with Crippen molar-refractivity contribution in [1.29, 1.82) is 0 Å². The number of nitrogens with one attached hydrogen (secondary N) is 1. The first-order valence-electron chi connectivity index (χ1n) is 8.58. The molecule has 156 valence electrons. The van der Waals surface area contributed by atoms with Crippen LogP contribution in [0.1, 0.15) is 34.6 Å². The minimum atomic E-state index is -4.80. The van der Waals surface area contributed by atoms with Gasteiger partial charge in [0.25, 0.3) is 11.6 Å². The number of halogens is 5. The molecule has 5 nitrogen and oxygen atoms in total. The van der Waals surface area contributed by atoms with Crippen LogP contribution in [0.4, 0.5) is 22.0 Å². The molecule has 3 rings (SSSR count). The highest BCUT2D eigenvalue weighted by Gasteiger charge is 2.39. The fraction of sp³-hybridized carbons (Fsp3) is 0.150. The van der Waals surface area contributed by atoms with Gasteiger partial charge in [0.15, 0.2) is 6.20 Å². The summed E-state index contributed by atoms with van der Waals surface area (Å²) in [4.78, 5) is 16.4. The number of pyridine rings is 2. The van der Waals surface area contributed by atoms with Gasteiger partial charge in [0.05, 0.1) is 11.6 Å². The van der Waals surface area contributed by atoms with Crippen molar-refractivity contribution in [2.75, 3.05) is 0 Å². The van der Waals surface area contributed by atoms with E-state index in [4.69, 9.17) is 0 Å². The molecule has 0 aliphatic rings. The monoisotopic (exact) mass is 423 g/mol. The number of nitrogens with zero attached hydrogens (tertiary/aromatic N) is 2. The molecule has 1 N–H and O–H groups in total. The summed E-state index contributed by atoms with van der Waals surface area (Å²) >= 11 is 0. The second-order valence-corrected chi connectivity index (χ2v) is 6.45. The third-order valence-corrected chi connectivity index (χ3v) is 4.32. The molecule has 1 amide bonds. The Balaban J connectivity index is 1.80. The number of alkyl halides is 3. The van der Waals surface area contributed by atoms with Crippen molar-refractivity contribution in [2.24, 2.45) is 0 Å². The van der Waals surface area contributed by atoms with Gasteiger partial charge in [-0.3, -0.25) is 9.78 Å². The Morgan fingerprint density at radius 3 is 2.50 bits per heavy atom. The van der Waals surface area contributed by atoms with Gasteiger partial charge in [0.2, 0.25) is 0 Å². The third-order valence-electron chi connectivity index (χ3n) is 4.32. The lowest BCUT2D eigenvalue weighted by atomic mass is 10.0. The van der Waals surface area contributed by atoms with Crippen LogP contribution in [0.5, 0.6) is 0 Å². The Bertz CT molecular complexity index is 1100. The number of hydrogen-bond donors (Lipinski definition) is 1. The molecule has 2 heterocycles. The lowest BCUT2D eigenvalue weighted by Crippen LogP contribution is -2.38. The maximum atomic E-state index is 14.0. The number of aromatic nitrogens is 2. The van der Waals surface area contributed by atoms with Crippen LogP contribution in [0.25, 0.3) is 11.1 Å². The quantitative estimate of drug-likeness (QED) is 0.389. The molecule has 10 heteroatoms. The molecule has 30 heavy (non-hydrogen) atoms. The van der Waals surface area contributed by atoms with Crippen molar-refractivity contribution < 1.29 is 31.5 Å². The van der Waals surface area contributed by atoms with Crippen LogP contribution in [0.2, 0.25) is 0 Å². The molecule has 0 unspecified atom stereocenters. The van der Waals surface area contributed by atoms with Crippen LogP contribution in [0.3, 0.4) is 0 Å². The molecule has 0 aliphatic carbocycles. The highest BCUT2D eigenvalue weighted by atomic mass is 19.4. The van der Waals surface area contributed by atoms with Gasteiger partial charge in [-0.1, -0.05) is 0 Å². The van der Waals surface area contributed by atoms with Gasteiger partial charge in [0, 0.05) is 41.2 Å². The zero-order chi connectivity index (χ0) is 22.1. The van der Waals surface area contributed by atoms with E-state index in [-0.39, 0.29) is 27.0 Å². The van der Waals surface area contributed by atoms with E-state index in [1.165, 1.54) is 31.5 Å². The van der Waals surface area contributed by atoms with Gasteiger partial charge >= 0.3 is 6.18 Å². The lowest BCUT2D eigenvalue weighted by Gasteiger charge is -2.15. The zero-order valence-corrected chi connectivity index (χ0v) is 15.4. The molecular formula is C20H14F5N3O2. The molecule has 1 aromatic carbocycles. The molecule has 0 saturated heterocycles. The van der Waals surface area contributed by atoms with Crippen LogP contribution in [0.15, 0.2) is 55.0 Å². The van der Waals surface area contributed by atoms with E-state index in [1.807, 2.05) is 0 Å². The Labute approximate surface area is 167 Å². The van der Waals surface area contributed by atoms with Gasteiger partial charge in [-0.05, 0) is 31.2 Å². The van der Waals surface area contributed by atoms with Gasteiger partial charge in [-0.25, -0.2) is 8.78 Å². The van der Waals surface area contributed by atoms with E-state index >= 15 is 0 Å². The van der Waals surface area contributed by atoms with Gasteiger partial charge in [-0.15, -0.1) is 0 Å².